The first-order chi connectivity index (χ1) is 8.06. The van der Waals surface area contributed by atoms with Crippen molar-refractivity contribution in [3.8, 4) is 0 Å². The van der Waals surface area contributed by atoms with E-state index in [0.717, 1.165) is 32.5 Å². The topological polar surface area (TPSA) is 70.0 Å². The van der Waals surface area contributed by atoms with Crippen LogP contribution in [0.5, 0.6) is 0 Å². The number of hydrogen-bond donors (Lipinski definition) is 2. The highest BCUT2D eigenvalue weighted by atomic mass is 16.5. The van der Waals surface area contributed by atoms with Gasteiger partial charge in [0.25, 0.3) is 0 Å². The van der Waals surface area contributed by atoms with Crippen LogP contribution in [0.25, 0.3) is 0 Å². The number of carboxylic acids is 1. The van der Waals surface area contributed by atoms with E-state index in [1.54, 1.807) is 0 Å². The molecule has 0 aromatic carbocycles. The lowest BCUT2D eigenvalue weighted by atomic mass is 10.0. The van der Waals surface area contributed by atoms with Gasteiger partial charge in [-0.2, -0.15) is 0 Å². The van der Waals surface area contributed by atoms with Gasteiger partial charge < -0.3 is 19.8 Å². The van der Waals surface area contributed by atoms with E-state index >= 15 is 0 Å². The molecule has 2 fully saturated rings. The van der Waals surface area contributed by atoms with Gasteiger partial charge in [0.05, 0.1) is 12.2 Å². The number of aliphatic hydroxyl groups is 1. The third-order valence-corrected chi connectivity index (χ3v) is 3.84. The summed E-state index contributed by atoms with van der Waals surface area (Å²) in [5.74, 6) is -0.498. The molecule has 2 aliphatic rings. The van der Waals surface area contributed by atoms with Gasteiger partial charge in [0.15, 0.2) is 6.10 Å². The highest BCUT2D eigenvalue weighted by Crippen LogP contribution is 2.24. The van der Waals surface area contributed by atoms with Crippen LogP contribution >= 0.6 is 0 Å². The van der Waals surface area contributed by atoms with Crippen molar-refractivity contribution in [1.82, 2.24) is 4.90 Å². The minimum Gasteiger partial charge on any atom is -0.479 e. The molecule has 17 heavy (non-hydrogen) atoms. The summed E-state index contributed by atoms with van der Waals surface area (Å²) in [5.41, 5.74) is 0. The van der Waals surface area contributed by atoms with Crippen LogP contribution in [0.1, 0.15) is 26.2 Å². The molecule has 0 amide bonds. The lowest BCUT2D eigenvalue weighted by molar-refractivity contribution is -0.149. The Labute approximate surface area is 101 Å². The molecule has 0 aromatic rings. The number of rotatable bonds is 4. The zero-order chi connectivity index (χ0) is 12.4. The standard InChI is InChI=1S/C12H21NO4/c1-8(14)9-4-5-13(6-9)7-10-2-3-11(17-10)12(15)16/h8-11,14H,2-7H2,1H3,(H,15,16). The molecule has 4 atom stereocenters. The smallest absolute Gasteiger partial charge is 0.332 e. The fourth-order valence-electron chi connectivity index (χ4n) is 2.73. The second kappa shape index (κ2) is 5.33. The fourth-order valence-corrected chi connectivity index (χ4v) is 2.73. The Morgan fingerprint density at radius 2 is 2.24 bits per heavy atom. The van der Waals surface area contributed by atoms with Crippen molar-refractivity contribution >= 4 is 5.97 Å². The van der Waals surface area contributed by atoms with E-state index in [0.29, 0.717) is 12.3 Å². The van der Waals surface area contributed by atoms with E-state index in [9.17, 15) is 9.90 Å². The van der Waals surface area contributed by atoms with E-state index in [4.69, 9.17) is 9.84 Å². The van der Waals surface area contributed by atoms with Crippen molar-refractivity contribution in [2.24, 2.45) is 5.92 Å². The quantitative estimate of drug-likeness (QED) is 0.744. The molecule has 0 aromatic heterocycles. The Hall–Kier alpha value is -0.650. The van der Waals surface area contributed by atoms with E-state index in [1.165, 1.54) is 0 Å². The Balaban J connectivity index is 1.74. The lowest BCUT2D eigenvalue weighted by Crippen LogP contribution is -2.32. The van der Waals surface area contributed by atoms with Gasteiger partial charge in [0, 0.05) is 13.1 Å². The summed E-state index contributed by atoms with van der Waals surface area (Å²) in [6.45, 7) is 4.51. The average Bonchev–Trinajstić information content (AvgIpc) is 2.87. The van der Waals surface area contributed by atoms with Crippen molar-refractivity contribution < 1.29 is 19.7 Å². The second-order valence-corrected chi connectivity index (χ2v) is 5.21. The molecule has 0 bridgehead atoms. The minimum atomic E-state index is -0.851. The molecule has 0 saturated carbocycles. The molecule has 98 valence electrons. The minimum absolute atomic E-state index is 0.0452. The maximum atomic E-state index is 10.8. The molecule has 0 radical (unpaired) electrons. The van der Waals surface area contributed by atoms with E-state index in [1.807, 2.05) is 6.92 Å². The molecule has 2 saturated heterocycles. The predicted octanol–water partition coefficient (Wildman–Crippen LogP) is 0.321. The third kappa shape index (κ3) is 3.18. The summed E-state index contributed by atoms with van der Waals surface area (Å²) < 4.78 is 5.48. The van der Waals surface area contributed by atoms with E-state index in [-0.39, 0.29) is 12.2 Å². The molecule has 5 heteroatoms. The van der Waals surface area contributed by atoms with Gasteiger partial charge in [-0.1, -0.05) is 0 Å². The van der Waals surface area contributed by atoms with Gasteiger partial charge in [-0.05, 0) is 38.6 Å². The molecule has 2 N–H and O–H groups in total. The number of ether oxygens (including phenoxy) is 1. The van der Waals surface area contributed by atoms with Crippen LogP contribution in [0.4, 0.5) is 0 Å². The van der Waals surface area contributed by atoms with Crippen molar-refractivity contribution in [2.75, 3.05) is 19.6 Å². The Bertz CT molecular complexity index is 282. The summed E-state index contributed by atoms with van der Waals surface area (Å²) in [6, 6.07) is 0. The molecular formula is C12H21NO4. The first-order valence-electron chi connectivity index (χ1n) is 6.35. The monoisotopic (exact) mass is 243 g/mol. The van der Waals surface area contributed by atoms with Gasteiger partial charge in [-0.15, -0.1) is 0 Å². The Morgan fingerprint density at radius 3 is 2.76 bits per heavy atom. The molecule has 0 spiro atoms. The molecular weight excluding hydrogens is 222 g/mol. The van der Waals surface area contributed by atoms with Crippen LogP contribution in [0.3, 0.4) is 0 Å². The maximum Gasteiger partial charge on any atom is 0.332 e. The van der Waals surface area contributed by atoms with Crippen molar-refractivity contribution in [3.05, 3.63) is 0 Å². The molecule has 0 aliphatic carbocycles. The Kier molecular flexibility index (Phi) is 4.01. The second-order valence-electron chi connectivity index (χ2n) is 5.21. The SMILES string of the molecule is CC(O)C1CCN(CC2CCC(C(=O)O)O2)C1. The number of aliphatic hydroxyl groups excluding tert-OH is 1. The van der Waals surface area contributed by atoms with Gasteiger partial charge in [0.2, 0.25) is 0 Å². The zero-order valence-electron chi connectivity index (χ0n) is 10.2. The van der Waals surface area contributed by atoms with Crippen LogP contribution in [-0.2, 0) is 9.53 Å². The number of hydrogen-bond acceptors (Lipinski definition) is 4. The molecule has 2 heterocycles. The summed E-state index contributed by atoms with van der Waals surface area (Å²) in [6.07, 6.45) is 1.64. The van der Waals surface area contributed by atoms with Crippen LogP contribution < -0.4 is 0 Å². The van der Waals surface area contributed by atoms with Crippen molar-refractivity contribution in [1.29, 1.82) is 0 Å². The number of carboxylic acid groups (broad SMARTS) is 1. The molecule has 5 nitrogen and oxygen atoms in total. The highest BCUT2D eigenvalue weighted by molar-refractivity contribution is 5.72. The van der Waals surface area contributed by atoms with Gasteiger partial charge >= 0.3 is 5.97 Å². The third-order valence-electron chi connectivity index (χ3n) is 3.84. The van der Waals surface area contributed by atoms with Gasteiger partial charge in [0.1, 0.15) is 0 Å². The fraction of sp³-hybridized carbons (Fsp3) is 0.917. The first kappa shape index (κ1) is 12.8. The molecule has 2 aliphatic heterocycles. The zero-order valence-corrected chi connectivity index (χ0v) is 10.2. The van der Waals surface area contributed by atoms with E-state index in [2.05, 4.69) is 4.90 Å². The lowest BCUT2D eigenvalue weighted by Gasteiger charge is -2.21. The summed E-state index contributed by atoms with van der Waals surface area (Å²) in [5, 5.41) is 18.3. The first-order valence-corrected chi connectivity index (χ1v) is 6.35. The molecule has 2 rings (SSSR count). The highest BCUT2D eigenvalue weighted by Gasteiger charge is 2.33. The van der Waals surface area contributed by atoms with Crippen LogP contribution in [0.2, 0.25) is 0 Å². The predicted molar refractivity (Wildman–Crippen MR) is 61.8 cm³/mol. The Morgan fingerprint density at radius 1 is 1.47 bits per heavy atom. The van der Waals surface area contributed by atoms with Crippen LogP contribution in [0.15, 0.2) is 0 Å². The van der Waals surface area contributed by atoms with E-state index < -0.39 is 12.1 Å². The number of carbonyl (C=O) groups is 1. The maximum absolute atomic E-state index is 10.8. The van der Waals surface area contributed by atoms with Gasteiger partial charge in [-0.3, -0.25) is 0 Å². The molecule has 4 unspecified atom stereocenters. The average molecular weight is 243 g/mol. The normalized spacial score (nSPS) is 36.2. The van der Waals surface area contributed by atoms with Gasteiger partial charge in [-0.25, -0.2) is 4.79 Å². The van der Waals surface area contributed by atoms with Crippen molar-refractivity contribution in [3.63, 3.8) is 0 Å². The van der Waals surface area contributed by atoms with Crippen molar-refractivity contribution in [2.45, 2.75) is 44.5 Å². The largest absolute Gasteiger partial charge is 0.479 e. The number of aliphatic carboxylic acids is 1. The number of nitrogens with zero attached hydrogens (tertiary/aromatic N) is 1. The number of likely N-dealkylation sites (tertiary alicyclic amines) is 1. The summed E-state index contributed by atoms with van der Waals surface area (Å²) >= 11 is 0. The van der Waals surface area contributed by atoms with Crippen LogP contribution in [0, 0.1) is 5.92 Å². The van der Waals surface area contributed by atoms with Crippen LogP contribution in [-0.4, -0.2) is 59.0 Å². The summed E-state index contributed by atoms with van der Waals surface area (Å²) in [7, 11) is 0. The summed E-state index contributed by atoms with van der Waals surface area (Å²) in [4.78, 5) is 13.0.